The van der Waals surface area contributed by atoms with E-state index in [9.17, 15) is 21.6 Å². The summed E-state index contributed by atoms with van der Waals surface area (Å²) in [6, 6.07) is 11.9. The van der Waals surface area contributed by atoms with Crippen LogP contribution in [0.3, 0.4) is 0 Å². The number of hydrogen-bond donors (Lipinski definition) is 0. The molecule has 2 aromatic carbocycles. The van der Waals surface area contributed by atoms with Crippen molar-refractivity contribution in [3.8, 4) is 0 Å². The molecular weight excluding hydrogens is 481 g/mol. The van der Waals surface area contributed by atoms with Crippen LogP contribution in [-0.2, 0) is 22.4 Å². The zero-order chi connectivity index (χ0) is 22.9. The largest absolute Gasteiger partial charge is 0.417 e. The molecule has 0 unspecified atom stereocenters. The Morgan fingerprint density at radius 3 is 2.38 bits per heavy atom. The van der Waals surface area contributed by atoms with Crippen LogP contribution in [0.5, 0.6) is 0 Å². The molecule has 10 heteroatoms. The first-order valence-corrected chi connectivity index (χ1v) is 12.8. The maximum absolute atomic E-state index is 13.3. The summed E-state index contributed by atoms with van der Waals surface area (Å²) in [6.45, 7) is 0.845. The number of rotatable bonds is 5. The second kappa shape index (κ2) is 9.03. The second-order valence-electron chi connectivity index (χ2n) is 7.65. The predicted octanol–water partition coefficient (Wildman–Crippen LogP) is 5.85. The summed E-state index contributed by atoms with van der Waals surface area (Å²) in [5.41, 5.74) is 0.884. The number of halogens is 4. The van der Waals surface area contributed by atoms with Gasteiger partial charge in [-0.3, -0.25) is 0 Å². The maximum Gasteiger partial charge on any atom is 0.417 e. The molecule has 0 bridgehead atoms. The Balaban J connectivity index is 1.44. The molecule has 0 atom stereocenters. The summed E-state index contributed by atoms with van der Waals surface area (Å²) in [4.78, 5) is 6.02. The number of hydrogen-bond acceptors (Lipinski definition) is 5. The van der Waals surface area contributed by atoms with E-state index in [-0.39, 0.29) is 12.8 Å². The van der Waals surface area contributed by atoms with Gasteiger partial charge in [0.15, 0.2) is 15.0 Å². The van der Waals surface area contributed by atoms with Crippen molar-refractivity contribution in [1.82, 2.24) is 4.98 Å². The minimum atomic E-state index is -4.72. The molecular formula is C22H20ClF3N2O2S2. The summed E-state index contributed by atoms with van der Waals surface area (Å²) in [7, 11) is -4.09. The van der Waals surface area contributed by atoms with Crippen LogP contribution < -0.4 is 4.90 Å². The average Bonchev–Trinajstić information content (AvgIpc) is 3.23. The van der Waals surface area contributed by atoms with Crippen molar-refractivity contribution in [3.63, 3.8) is 0 Å². The molecule has 4 rings (SSSR count). The lowest BCUT2D eigenvalue weighted by atomic mass is 10.1. The van der Waals surface area contributed by atoms with Gasteiger partial charge >= 0.3 is 6.18 Å². The van der Waals surface area contributed by atoms with E-state index in [0.29, 0.717) is 24.5 Å². The van der Waals surface area contributed by atoms with Crippen molar-refractivity contribution >= 4 is 37.9 Å². The Bertz CT molecular complexity index is 1190. The van der Waals surface area contributed by atoms with Gasteiger partial charge in [-0.1, -0.05) is 35.9 Å². The second-order valence-corrected chi connectivity index (χ2v) is 11.1. The molecule has 0 aliphatic carbocycles. The number of sulfone groups is 1. The van der Waals surface area contributed by atoms with Crippen molar-refractivity contribution in [1.29, 1.82) is 0 Å². The van der Waals surface area contributed by atoms with Crippen LogP contribution in [0.2, 0.25) is 5.02 Å². The van der Waals surface area contributed by atoms with Crippen molar-refractivity contribution in [2.24, 2.45) is 0 Å². The Hall–Kier alpha value is -2.10. The summed E-state index contributed by atoms with van der Waals surface area (Å²) >= 11 is 7.40. The monoisotopic (exact) mass is 500 g/mol. The molecule has 170 valence electrons. The Morgan fingerprint density at radius 2 is 1.72 bits per heavy atom. The number of thiazole rings is 1. The molecule has 0 spiro atoms. The minimum absolute atomic E-state index is 0.251. The van der Waals surface area contributed by atoms with Crippen LogP contribution in [-0.4, -0.2) is 31.7 Å². The lowest BCUT2D eigenvalue weighted by Gasteiger charge is -2.31. The topological polar surface area (TPSA) is 50.3 Å². The summed E-state index contributed by atoms with van der Waals surface area (Å²) < 4.78 is 65.9. The highest BCUT2D eigenvalue weighted by Gasteiger charge is 2.40. The van der Waals surface area contributed by atoms with Gasteiger partial charge in [0.2, 0.25) is 0 Å². The van der Waals surface area contributed by atoms with E-state index < -0.39 is 31.7 Å². The van der Waals surface area contributed by atoms with Crippen molar-refractivity contribution in [2.45, 2.75) is 35.6 Å². The van der Waals surface area contributed by atoms with Crippen LogP contribution in [0.4, 0.5) is 18.3 Å². The Kier molecular flexibility index (Phi) is 6.51. The van der Waals surface area contributed by atoms with Crippen LogP contribution >= 0.6 is 22.9 Å². The highest BCUT2D eigenvalue weighted by molar-refractivity contribution is 7.92. The molecule has 3 aromatic rings. The van der Waals surface area contributed by atoms with Gasteiger partial charge in [-0.05, 0) is 42.7 Å². The van der Waals surface area contributed by atoms with E-state index in [1.165, 1.54) is 23.5 Å². The molecule has 32 heavy (non-hydrogen) atoms. The van der Waals surface area contributed by atoms with E-state index >= 15 is 0 Å². The van der Waals surface area contributed by atoms with Crippen molar-refractivity contribution in [2.75, 3.05) is 18.0 Å². The molecule has 1 fully saturated rings. The van der Waals surface area contributed by atoms with E-state index in [0.717, 1.165) is 28.5 Å². The van der Waals surface area contributed by atoms with Crippen LogP contribution in [0.25, 0.3) is 0 Å². The third-order valence-corrected chi connectivity index (χ3v) is 9.01. The highest BCUT2D eigenvalue weighted by atomic mass is 35.5. The van der Waals surface area contributed by atoms with E-state index in [4.69, 9.17) is 11.6 Å². The first-order valence-electron chi connectivity index (χ1n) is 9.98. The highest BCUT2D eigenvalue weighted by Crippen LogP contribution is 2.37. The first-order chi connectivity index (χ1) is 15.1. The minimum Gasteiger partial charge on any atom is -0.348 e. The Morgan fingerprint density at radius 1 is 1.06 bits per heavy atom. The lowest BCUT2D eigenvalue weighted by molar-refractivity contribution is -0.139. The number of aromatic nitrogens is 1. The quantitative estimate of drug-likeness (QED) is 0.441. The van der Waals surface area contributed by atoms with Crippen LogP contribution in [0.15, 0.2) is 58.8 Å². The fraction of sp³-hybridized carbons (Fsp3) is 0.318. The van der Waals surface area contributed by atoms with Crippen molar-refractivity contribution < 1.29 is 21.6 Å². The maximum atomic E-state index is 13.3. The predicted molar refractivity (Wildman–Crippen MR) is 120 cm³/mol. The molecule has 0 amide bonds. The molecule has 1 aromatic heterocycles. The van der Waals surface area contributed by atoms with Crippen LogP contribution in [0.1, 0.15) is 29.7 Å². The van der Waals surface area contributed by atoms with Gasteiger partial charge in [0, 0.05) is 29.9 Å². The Labute approximate surface area is 193 Å². The molecule has 0 radical (unpaired) electrons. The van der Waals surface area contributed by atoms with Gasteiger partial charge in [0.25, 0.3) is 0 Å². The van der Waals surface area contributed by atoms with Gasteiger partial charge in [-0.25, -0.2) is 13.4 Å². The van der Waals surface area contributed by atoms with E-state index in [1.807, 2.05) is 34.5 Å². The van der Waals surface area contributed by atoms with Gasteiger partial charge in [0.1, 0.15) is 0 Å². The fourth-order valence-electron chi connectivity index (χ4n) is 3.82. The lowest BCUT2D eigenvalue weighted by Crippen LogP contribution is -2.39. The van der Waals surface area contributed by atoms with Crippen molar-refractivity contribution in [3.05, 3.63) is 75.8 Å². The molecule has 2 heterocycles. The number of alkyl halides is 3. The smallest absolute Gasteiger partial charge is 0.348 e. The van der Waals surface area contributed by atoms with E-state index in [1.54, 1.807) is 0 Å². The molecule has 1 aliphatic rings. The number of nitrogens with zero attached hydrogens (tertiary/aromatic N) is 2. The van der Waals surface area contributed by atoms with Crippen LogP contribution in [0, 0.1) is 0 Å². The summed E-state index contributed by atoms with van der Waals surface area (Å²) in [5.74, 6) is 0. The summed E-state index contributed by atoms with van der Waals surface area (Å²) in [6.07, 6.45) is -3.56. The summed E-state index contributed by atoms with van der Waals surface area (Å²) in [5, 5.41) is 2.58. The molecule has 4 nitrogen and oxygen atoms in total. The zero-order valence-corrected chi connectivity index (χ0v) is 19.2. The van der Waals surface area contributed by atoms with Gasteiger partial charge in [-0.2, -0.15) is 13.2 Å². The average molecular weight is 501 g/mol. The molecule has 0 N–H and O–H groups in total. The number of piperidine rings is 1. The zero-order valence-electron chi connectivity index (χ0n) is 16.8. The van der Waals surface area contributed by atoms with E-state index in [2.05, 4.69) is 4.98 Å². The SMILES string of the molecule is O=S(=O)(c1ccccc1C(F)(F)F)C1CCN(c2nc(Cc3ccc(Cl)cc3)cs2)CC1. The molecule has 1 saturated heterocycles. The van der Waals surface area contributed by atoms with Gasteiger partial charge in [-0.15, -0.1) is 11.3 Å². The third kappa shape index (κ3) is 4.94. The number of anilines is 1. The molecule has 1 aliphatic heterocycles. The van der Waals surface area contributed by atoms with Gasteiger partial charge < -0.3 is 4.90 Å². The third-order valence-electron chi connectivity index (χ3n) is 5.49. The first kappa shape index (κ1) is 23.1. The molecule has 0 saturated carbocycles. The standard InChI is InChI=1S/C22H20ClF3N2O2S2/c23-16-7-5-15(6-8-16)13-17-14-31-21(27-17)28-11-9-18(10-12-28)32(29,30)20-4-2-1-3-19(20)22(24,25)26/h1-8,14,18H,9-13H2. The number of benzene rings is 2. The normalized spacial score (nSPS) is 15.8. The van der Waals surface area contributed by atoms with Gasteiger partial charge in [0.05, 0.1) is 21.4 Å². The fourth-order valence-corrected chi connectivity index (χ4v) is 6.77.